The molecule has 1 aliphatic heterocycles. The molecule has 9 nitrogen and oxygen atoms in total. The van der Waals surface area contributed by atoms with Gasteiger partial charge in [0.05, 0.1) is 24.2 Å². The van der Waals surface area contributed by atoms with Gasteiger partial charge in [-0.1, -0.05) is 6.92 Å². The summed E-state index contributed by atoms with van der Waals surface area (Å²) >= 11 is 1.73. The largest absolute Gasteiger partial charge is 0.454 e. The smallest absolute Gasteiger partial charge is 0.259 e. The molecule has 0 bridgehead atoms. The van der Waals surface area contributed by atoms with Crippen LogP contribution in [0.5, 0.6) is 11.5 Å². The van der Waals surface area contributed by atoms with Crippen molar-refractivity contribution in [3.05, 3.63) is 51.9 Å². The molecule has 5 rings (SSSR count). The molecular weight excluding hydrogens is 506 g/mol. The molecule has 200 valence electrons. The Bertz CT molecular complexity index is 1600. The number of carbonyl (C=O) groups is 1. The highest BCUT2D eigenvalue weighted by Gasteiger charge is 2.21. The van der Waals surface area contributed by atoms with Crippen LogP contribution in [0.4, 0.5) is 0 Å². The summed E-state index contributed by atoms with van der Waals surface area (Å²) in [5.41, 5.74) is 2.13. The number of pyridine rings is 2. The van der Waals surface area contributed by atoms with Gasteiger partial charge in [0.15, 0.2) is 11.5 Å². The lowest BCUT2D eigenvalue weighted by Crippen LogP contribution is -2.33. The van der Waals surface area contributed by atoms with Crippen LogP contribution < -0.4 is 15.0 Å². The number of aliphatic hydroxyl groups is 2. The van der Waals surface area contributed by atoms with E-state index in [-0.39, 0.29) is 38.0 Å². The van der Waals surface area contributed by atoms with Crippen LogP contribution in [0.1, 0.15) is 30.9 Å². The topological polar surface area (TPSA) is 114 Å². The first-order chi connectivity index (χ1) is 18.4. The third kappa shape index (κ3) is 4.68. The molecule has 3 heterocycles. The maximum absolute atomic E-state index is 14.0. The zero-order valence-electron chi connectivity index (χ0n) is 21.7. The van der Waals surface area contributed by atoms with Crippen LogP contribution >= 0.6 is 11.8 Å². The number of hydrogen-bond acceptors (Lipinski definition) is 8. The van der Waals surface area contributed by atoms with Crippen LogP contribution in [0.15, 0.2) is 35.3 Å². The van der Waals surface area contributed by atoms with Crippen LogP contribution in [0.25, 0.3) is 32.6 Å². The van der Waals surface area contributed by atoms with Crippen molar-refractivity contribution in [2.45, 2.75) is 44.8 Å². The molecule has 1 unspecified atom stereocenters. The molecule has 0 aliphatic carbocycles. The number of aromatic nitrogens is 2. The van der Waals surface area contributed by atoms with E-state index in [0.717, 1.165) is 17.2 Å². The number of aliphatic hydroxyl groups excluding tert-OH is 2. The maximum atomic E-state index is 14.0. The SMILES string of the molecule is CSC(C)CCC(=O)N(C)CCn1c(=O)c2cc(CO)c(CO)cc2c2cnc3cc4c(cc3c21)OCO4. The van der Waals surface area contributed by atoms with E-state index in [0.29, 0.717) is 62.6 Å². The maximum Gasteiger partial charge on any atom is 0.259 e. The zero-order valence-corrected chi connectivity index (χ0v) is 22.5. The third-order valence-corrected chi connectivity index (χ3v) is 8.34. The van der Waals surface area contributed by atoms with Gasteiger partial charge < -0.3 is 29.2 Å². The van der Waals surface area contributed by atoms with Gasteiger partial charge in [0.1, 0.15) is 0 Å². The summed E-state index contributed by atoms with van der Waals surface area (Å²) in [7, 11) is 1.76. The van der Waals surface area contributed by atoms with Gasteiger partial charge in [0.2, 0.25) is 12.7 Å². The Kier molecular flexibility index (Phi) is 7.47. The molecule has 10 heteroatoms. The quantitative estimate of drug-likeness (QED) is 0.312. The second-order valence-electron chi connectivity index (χ2n) is 9.58. The summed E-state index contributed by atoms with van der Waals surface area (Å²) < 4.78 is 12.8. The van der Waals surface area contributed by atoms with Crippen molar-refractivity contribution < 1.29 is 24.5 Å². The number of amides is 1. The number of benzene rings is 2. The van der Waals surface area contributed by atoms with Crippen LogP contribution in [-0.2, 0) is 24.6 Å². The Morgan fingerprint density at radius 3 is 2.45 bits per heavy atom. The molecule has 2 N–H and O–H groups in total. The van der Waals surface area contributed by atoms with E-state index in [1.54, 1.807) is 52.7 Å². The van der Waals surface area contributed by atoms with E-state index < -0.39 is 0 Å². The minimum atomic E-state index is -0.297. The average molecular weight is 538 g/mol. The Morgan fingerprint density at radius 1 is 1.08 bits per heavy atom. The van der Waals surface area contributed by atoms with Gasteiger partial charge in [-0.15, -0.1) is 0 Å². The first-order valence-electron chi connectivity index (χ1n) is 12.5. The summed E-state index contributed by atoms with van der Waals surface area (Å²) in [6.45, 7) is 2.28. The number of likely N-dealkylation sites (N-methyl/N-ethyl adjacent to an activating group) is 1. The first kappa shape index (κ1) is 26.3. The summed E-state index contributed by atoms with van der Waals surface area (Å²) in [4.78, 5) is 33.1. The summed E-state index contributed by atoms with van der Waals surface area (Å²) in [6, 6.07) is 7.02. The van der Waals surface area contributed by atoms with Gasteiger partial charge in [-0.3, -0.25) is 14.6 Å². The lowest BCUT2D eigenvalue weighted by atomic mass is 9.98. The molecule has 2 aromatic carbocycles. The number of thioether (sulfide) groups is 1. The molecular formula is C28H31N3O6S. The van der Waals surface area contributed by atoms with Gasteiger partial charge >= 0.3 is 0 Å². The molecule has 1 aliphatic rings. The molecule has 0 saturated carbocycles. The van der Waals surface area contributed by atoms with E-state index in [9.17, 15) is 19.8 Å². The van der Waals surface area contributed by atoms with Crippen molar-refractivity contribution in [1.82, 2.24) is 14.5 Å². The van der Waals surface area contributed by atoms with Crippen molar-refractivity contribution in [3.8, 4) is 11.5 Å². The normalized spacial score (nSPS) is 13.5. The van der Waals surface area contributed by atoms with E-state index in [1.165, 1.54) is 0 Å². The molecule has 1 atom stereocenters. The second kappa shape index (κ2) is 10.8. The van der Waals surface area contributed by atoms with E-state index >= 15 is 0 Å². The molecule has 0 fully saturated rings. The second-order valence-corrected chi connectivity index (χ2v) is 10.9. The van der Waals surface area contributed by atoms with Gasteiger partial charge in [0, 0.05) is 60.2 Å². The highest BCUT2D eigenvalue weighted by Crippen LogP contribution is 2.38. The van der Waals surface area contributed by atoms with Crippen LogP contribution in [-0.4, -0.2) is 62.5 Å². The lowest BCUT2D eigenvalue weighted by Gasteiger charge is -2.21. The first-order valence-corrected chi connectivity index (χ1v) is 13.8. The molecule has 38 heavy (non-hydrogen) atoms. The van der Waals surface area contributed by atoms with Crippen LogP contribution in [0, 0.1) is 0 Å². The van der Waals surface area contributed by atoms with Crippen molar-refractivity contribution in [3.63, 3.8) is 0 Å². The van der Waals surface area contributed by atoms with E-state index in [1.807, 2.05) is 12.3 Å². The zero-order chi connectivity index (χ0) is 27.0. The molecule has 4 aromatic rings. The molecule has 0 spiro atoms. The van der Waals surface area contributed by atoms with Crippen molar-refractivity contribution in [2.24, 2.45) is 0 Å². The molecule has 0 radical (unpaired) electrons. The van der Waals surface area contributed by atoms with Crippen LogP contribution in [0.2, 0.25) is 0 Å². The third-order valence-electron chi connectivity index (χ3n) is 7.30. The van der Waals surface area contributed by atoms with Crippen molar-refractivity contribution >= 4 is 50.2 Å². The number of hydrogen-bond donors (Lipinski definition) is 2. The van der Waals surface area contributed by atoms with Gasteiger partial charge in [0.25, 0.3) is 5.56 Å². The van der Waals surface area contributed by atoms with Gasteiger partial charge in [-0.25, -0.2) is 0 Å². The van der Waals surface area contributed by atoms with E-state index in [2.05, 4.69) is 11.9 Å². The summed E-state index contributed by atoms with van der Waals surface area (Å²) in [5.74, 6) is 1.21. The number of fused-ring (bicyclic) bond motifs is 6. The summed E-state index contributed by atoms with van der Waals surface area (Å²) in [6.07, 6.45) is 5.00. The van der Waals surface area contributed by atoms with Crippen molar-refractivity contribution in [1.29, 1.82) is 0 Å². The number of ether oxygens (including phenoxy) is 2. The number of carbonyl (C=O) groups excluding carboxylic acids is 1. The minimum absolute atomic E-state index is 0.0362. The molecule has 0 saturated heterocycles. The predicted molar refractivity (Wildman–Crippen MR) is 149 cm³/mol. The van der Waals surface area contributed by atoms with Crippen LogP contribution in [0.3, 0.4) is 0 Å². The molecule has 2 aromatic heterocycles. The monoisotopic (exact) mass is 537 g/mol. The number of nitrogens with zero attached hydrogens (tertiary/aromatic N) is 3. The molecule has 1 amide bonds. The van der Waals surface area contributed by atoms with Crippen molar-refractivity contribution in [2.75, 3.05) is 26.6 Å². The Balaban J connectivity index is 1.67. The highest BCUT2D eigenvalue weighted by atomic mass is 32.2. The van der Waals surface area contributed by atoms with E-state index in [4.69, 9.17) is 9.47 Å². The predicted octanol–water partition coefficient (Wildman–Crippen LogP) is 3.41. The van der Waals surface area contributed by atoms with Gasteiger partial charge in [-0.2, -0.15) is 11.8 Å². The summed E-state index contributed by atoms with van der Waals surface area (Å²) in [5, 5.41) is 22.7. The number of rotatable bonds is 9. The highest BCUT2D eigenvalue weighted by molar-refractivity contribution is 7.99. The van der Waals surface area contributed by atoms with Gasteiger partial charge in [-0.05, 0) is 47.4 Å². The standard InChI is InChI=1S/C28H31N3O6S/c1-16(38-3)4-5-26(34)30(2)6-7-31-27-21-10-24-25(37-15-36-24)11-23(21)29-12-22(27)19-8-17(13-32)18(14-33)9-20(19)28(31)35/h8-12,16,32-33H,4-7,13-15H2,1-3H3. The Hall–Kier alpha value is -3.34. The fourth-order valence-corrected chi connectivity index (χ4v) is 5.26. The fraction of sp³-hybridized carbons (Fsp3) is 0.393. The minimum Gasteiger partial charge on any atom is -0.454 e. The Morgan fingerprint density at radius 2 is 1.76 bits per heavy atom. The average Bonchev–Trinajstić information content (AvgIpc) is 3.40. The lowest BCUT2D eigenvalue weighted by molar-refractivity contribution is -0.130. The Labute approximate surface area is 224 Å². The fourth-order valence-electron chi connectivity index (χ4n) is 4.91.